The summed E-state index contributed by atoms with van der Waals surface area (Å²) in [5.74, 6) is 0.610. The minimum atomic E-state index is -3.45. The van der Waals surface area contributed by atoms with Gasteiger partial charge in [0.15, 0.2) is 0 Å². The van der Waals surface area contributed by atoms with Crippen LogP contribution in [0.3, 0.4) is 0 Å². The van der Waals surface area contributed by atoms with E-state index in [4.69, 9.17) is 10.5 Å². The quantitative estimate of drug-likeness (QED) is 0.651. The number of rotatable bonds is 6. The van der Waals surface area contributed by atoms with Gasteiger partial charge in [0, 0.05) is 23.8 Å². The molecule has 1 aliphatic carbocycles. The third kappa shape index (κ3) is 3.59. The van der Waals surface area contributed by atoms with Crippen LogP contribution >= 0.6 is 0 Å². The molecule has 1 aromatic rings. The molecule has 7 heteroatoms. The van der Waals surface area contributed by atoms with Crippen molar-refractivity contribution in [1.82, 2.24) is 9.44 Å². The number of benzene rings is 1. The van der Waals surface area contributed by atoms with Crippen LogP contribution in [0.5, 0.6) is 5.75 Å². The van der Waals surface area contributed by atoms with Gasteiger partial charge in [-0.2, -0.15) is 17.9 Å². The summed E-state index contributed by atoms with van der Waals surface area (Å²) in [6.45, 7) is 0.149. The van der Waals surface area contributed by atoms with Gasteiger partial charge in [0.05, 0.1) is 7.11 Å². The van der Waals surface area contributed by atoms with E-state index in [1.54, 1.807) is 18.2 Å². The molecule has 0 bridgehead atoms. The second-order valence-corrected chi connectivity index (χ2v) is 5.82. The highest BCUT2D eigenvalue weighted by molar-refractivity contribution is 7.87. The zero-order valence-electron chi connectivity index (χ0n) is 10.1. The number of ether oxygens (including phenoxy) is 1. The Labute approximate surface area is 107 Å². The molecule has 0 aromatic heterocycles. The van der Waals surface area contributed by atoms with Crippen LogP contribution < -0.4 is 19.9 Å². The van der Waals surface area contributed by atoms with E-state index in [-0.39, 0.29) is 12.6 Å². The Kier molecular flexibility index (Phi) is 3.74. The van der Waals surface area contributed by atoms with Crippen molar-refractivity contribution in [3.05, 3.63) is 23.8 Å². The SMILES string of the molecule is COc1ccc(N)cc1CNS(=O)(=O)NC1CC1. The van der Waals surface area contributed by atoms with E-state index in [0.717, 1.165) is 12.8 Å². The summed E-state index contributed by atoms with van der Waals surface area (Å²) in [6.07, 6.45) is 1.81. The number of nitrogens with two attached hydrogens (primary N) is 1. The average Bonchev–Trinajstić information content (AvgIpc) is 3.10. The van der Waals surface area contributed by atoms with Crippen LogP contribution in [-0.2, 0) is 16.8 Å². The molecule has 1 fully saturated rings. The molecule has 2 rings (SSSR count). The zero-order valence-corrected chi connectivity index (χ0v) is 11.0. The van der Waals surface area contributed by atoms with Gasteiger partial charge in [-0.15, -0.1) is 0 Å². The molecule has 1 aromatic carbocycles. The monoisotopic (exact) mass is 271 g/mol. The topological polar surface area (TPSA) is 93.4 Å². The predicted molar refractivity (Wildman–Crippen MR) is 69.3 cm³/mol. The van der Waals surface area contributed by atoms with Gasteiger partial charge in [-0.05, 0) is 31.0 Å². The molecule has 100 valence electrons. The van der Waals surface area contributed by atoms with Crippen LogP contribution in [0.4, 0.5) is 5.69 Å². The Hall–Kier alpha value is -1.31. The van der Waals surface area contributed by atoms with E-state index in [9.17, 15) is 8.42 Å². The molecule has 0 atom stereocenters. The fourth-order valence-corrected chi connectivity index (χ4v) is 2.68. The van der Waals surface area contributed by atoms with Gasteiger partial charge in [0.25, 0.3) is 10.2 Å². The maximum Gasteiger partial charge on any atom is 0.277 e. The molecule has 0 radical (unpaired) electrons. The minimum absolute atomic E-state index is 0.0882. The summed E-state index contributed by atoms with van der Waals surface area (Å²) < 4.78 is 33.5. The lowest BCUT2D eigenvalue weighted by Crippen LogP contribution is -2.37. The second-order valence-electron chi connectivity index (χ2n) is 4.29. The Morgan fingerprint density at radius 1 is 1.44 bits per heavy atom. The standard InChI is InChI=1S/C11H17N3O3S/c1-17-11-5-2-9(12)6-8(11)7-13-18(15,16)14-10-3-4-10/h2,5-6,10,13-14H,3-4,7,12H2,1H3. The Balaban J connectivity index is 2.02. The molecule has 18 heavy (non-hydrogen) atoms. The first-order valence-corrected chi connectivity index (χ1v) is 7.18. The number of nitrogens with one attached hydrogen (secondary N) is 2. The Morgan fingerprint density at radius 2 is 2.17 bits per heavy atom. The highest BCUT2D eigenvalue weighted by atomic mass is 32.2. The van der Waals surface area contributed by atoms with Gasteiger partial charge in [0.2, 0.25) is 0 Å². The largest absolute Gasteiger partial charge is 0.496 e. The highest BCUT2D eigenvalue weighted by Crippen LogP contribution is 2.22. The van der Waals surface area contributed by atoms with E-state index < -0.39 is 10.2 Å². The van der Waals surface area contributed by atoms with Crippen LogP contribution in [0.15, 0.2) is 18.2 Å². The molecule has 4 N–H and O–H groups in total. The lowest BCUT2D eigenvalue weighted by Gasteiger charge is -2.11. The Bertz CT molecular complexity index is 526. The fourth-order valence-electron chi connectivity index (χ4n) is 1.57. The van der Waals surface area contributed by atoms with Crippen LogP contribution in [0.25, 0.3) is 0 Å². The average molecular weight is 271 g/mol. The summed E-state index contributed by atoms with van der Waals surface area (Å²) in [5, 5.41) is 0. The summed E-state index contributed by atoms with van der Waals surface area (Å²) in [7, 11) is -1.92. The van der Waals surface area contributed by atoms with Gasteiger partial charge < -0.3 is 10.5 Å². The number of anilines is 1. The maximum atomic E-state index is 11.6. The molecule has 1 aliphatic rings. The lowest BCUT2D eigenvalue weighted by molar-refractivity contribution is 0.409. The van der Waals surface area contributed by atoms with Crippen LogP contribution in [-0.4, -0.2) is 21.6 Å². The van der Waals surface area contributed by atoms with E-state index in [2.05, 4.69) is 9.44 Å². The van der Waals surface area contributed by atoms with Crippen LogP contribution in [0.1, 0.15) is 18.4 Å². The second kappa shape index (κ2) is 5.13. The molecule has 0 saturated heterocycles. The molecular weight excluding hydrogens is 254 g/mol. The molecular formula is C11H17N3O3S. The zero-order chi connectivity index (χ0) is 13.2. The van der Waals surface area contributed by atoms with Gasteiger partial charge >= 0.3 is 0 Å². The summed E-state index contributed by atoms with van der Waals surface area (Å²) in [4.78, 5) is 0. The van der Waals surface area contributed by atoms with Crippen molar-refractivity contribution in [1.29, 1.82) is 0 Å². The van der Waals surface area contributed by atoms with Crippen LogP contribution in [0, 0.1) is 0 Å². The highest BCUT2D eigenvalue weighted by Gasteiger charge is 2.26. The number of hydrogen-bond donors (Lipinski definition) is 3. The Morgan fingerprint density at radius 3 is 2.78 bits per heavy atom. The van der Waals surface area contributed by atoms with Crippen molar-refractivity contribution in [3.63, 3.8) is 0 Å². The first-order chi connectivity index (χ1) is 8.50. The predicted octanol–water partition coefficient (Wildman–Crippen LogP) is 0.364. The van der Waals surface area contributed by atoms with Gasteiger partial charge in [0.1, 0.15) is 5.75 Å². The number of hydrogen-bond acceptors (Lipinski definition) is 4. The smallest absolute Gasteiger partial charge is 0.277 e. The number of nitrogen functional groups attached to an aromatic ring is 1. The molecule has 0 spiro atoms. The van der Waals surface area contributed by atoms with Crippen LogP contribution in [0.2, 0.25) is 0 Å². The summed E-state index contributed by atoms with van der Waals surface area (Å²) in [5.41, 5.74) is 6.94. The third-order valence-electron chi connectivity index (χ3n) is 2.66. The lowest BCUT2D eigenvalue weighted by atomic mass is 10.2. The first-order valence-electron chi connectivity index (χ1n) is 5.69. The summed E-state index contributed by atoms with van der Waals surface area (Å²) >= 11 is 0. The van der Waals surface area contributed by atoms with Crippen molar-refractivity contribution >= 4 is 15.9 Å². The van der Waals surface area contributed by atoms with Crippen molar-refractivity contribution in [3.8, 4) is 5.75 Å². The van der Waals surface area contributed by atoms with E-state index in [1.807, 2.05) is 0 Å². The normalized spacial score (nSPS) is 15.6. The summed E-state index contributed by atoms with van der Waals surface area (Å²) in [6, 6.07) is 5.20. The molecule has 0 unspecified atom stereocenters. The van der Waals surface area contributed by atoms with E-state index in [1.165, 1.54) is 7.11 Å². The van der Waals surface area contributed by atoms with E-state index >= 15 is 0 Å². The van der Waals surface area contributed by atoms with Crippen molar-refractivity contribution in [2.45, 2.75) is 25.4 Å². The van der Waals surface area contributed by atoms with Crippen molar-refractivity contribution in [2.75, 3.05) is 12.8 Å². The van der Waals surface area contributed by atoms with Gasteiger partial charge in [-0.25, -0.2) is 0 Å². The minimum Gasteiger partial charge on any atom is -0.496 e. The molecule has 0 amide bonds. The van der Waals surface area contributed by atoms with Crippen molar-refractivity contribution in [2.24, 2.45) is 0 Å². The first kappa shape index (κ1) is 13.1. The molecule has 0 aliphatic heterocycles. The molecule has 1 saturated carbocycles. The van der Waals surface area contributed by atoms with Gasteiger partial charge in [-0.1, -0.05) is 0 Å². The third-order valence-corrected chi connectivity index (χ3v) is 3.82. The van der Waals surface area contributed by atoms with Crippen molar-refractivity contribution < 1.29 is 13.2 Å². The number of methoxy groups -OCH3 is 1. The van der Waals surface area contributed by atoms with E-state index in [0.29, 0.717) is 17.0 Å². The maximum absolute atomic E-state index is 11.6. The molecule has 0 heterocycles. The molecule has 6 nitrogen and oxygen atoms in total. The fraction of sp³-hybridized carbons (Fsp3) is 0.455. The van der Waals surface area contributed by atoms with Gasteiger partial charge in [-0.3, -0.25) is 0 Å².